The molecule has 0 aliphatic heterocycles. The summed E-state index contributed by atoms with van der Waals surface area (Å²) in [6.07, 6.45) is 3.79. The molecule has 0 rings (SSSR count). The van der Waals surface area contributed by atoms with Gasteiger partial charge < -0.3 is 0 Å². The molecule has 1 heteroatoms. The minimum Gasteiger partial charge on any atom is -0.299 e. The van der Waals surface area contributed by atoms with Crippen LogP contribution in [0.1, 0.15) is 20.8 Å². The van der Waals surface area contributed by atoms with Crippen molar-refractivity contribution in [2.45, 2.75) is 20.8 Å². The predicted octanol–water partition coefficient (Wildman–Crippen LogP) is 1.79. The Labute approximate surface area is 50.4 Å². The highest BCUT2D eigenvalue weighted by atomic mass is 16.1. The molecule has 1 nitrogen and oxygen atoms in total. The van der Waals surface area contributed by atoms with Crippen molar-refractivity contribution in [3.8, 4) is 0 Å². The van der Waals surface area contributed by atoms with Gasteiger partial charge in [0.05, 0.1) is 0 Å². The monoisotopic (exact) mass is 112 g/mol. The molecule has 0 fully saturated rings. The van der Waals surface area contributed by atoms with Gasteiger partial charge in [0.15, 0.2) is 0 Å². The highest BCUT2D eigenvalue weighted by molar-refractivity contribution is 5.79. The Hall–Kier alpha value is -0.590. The molecule has 0 radical (unpaired) electrons. The van der Waals surface area contributed by atoms with Gasteiger partial charge in [-0.05, 0) is 13.8 Å². The van der Waals surface area contributed by atoms with E-state index < -0.39 is 0 Å². The van der Waals surface area contributed by atoms with E-state index in [0.717, 1.165) is 0 Å². The third-order valence-corrected chi connectivity index (χ3v) is 1.12. The first-order chi connectivity index (χ1) is 3.68. The van der Waals surface area contributed by atoms with Gasteiger partial charge in [-0.1, -0.05) is 19.1 Å². The lowest BCUT2D eigenvalue weighted by Crippen LogP contribution is -2.01. The topological polar surface area (TPSA) is 17.1 Å². The second-order valence-corrected chi connectivity index (χ2v) is 1.93. The Bertz CT molecular complexity index is 103. The number of carbonyl (C=O) groups is 1. The van der Waals surface area contributed by atoms with Crippen LogP contribution in [0.25, 0.3) is 0 Å². The van der Waals surface area contributed by atoms with Crippen LogP contribution in [0.4, 0.5) is 0 Å². The first-order valence-corrected chi connectivity index (χ1v) is 2.81. The van der Waals surface area contributed by atoms with Gasteiger partial charge in [0.1, 0.15) is 5.78 Å². The molecule has 0 aliphatic carbocycles. The molecule has 0 aromatic heterocycles. The van der Waals surface area contributed by atoms with Crippen LogP contribution in [0, 0.1) is 5.92 Å². The highest BCUT2D eigenvalue weighted by Crippen LogP contribution is 1.96. The number of Topliss-reactive ketones (excluding diaryl/α,β-unsaturated/α-hetero) is 1. The lowest BCUT2D eigenvalue weighted by molar-refractivity contribution is -0.118. The van der Waals surface area contributed by atoms with E-state index in [-0.39, 0.29) is 11.7 Å². The third-order valence-electron chi connectivity index (χ3n) is 1.12. The van der Waals surface area contributed by atoms with Gasteiger partial charge in [0.2, 0.25) is 0 Å². The van der Waals surface area contributed by atoms with E-state index in [0.29, 0.717) is 0 Å². The smallest absolute Gasteiger partial charge is 0.136 e. The molecule has 0 heterocycles. The molecule has 1 atom stereocenters. The van der Waals surface area contributed by atoms with Crippen LogP contribution in [0.3, 0.4) is 0 Å². The van der Waals surface area contributed by atoms with E-state index in [2.05, 4.69) is 0 Å². The summed E-state index contributed by atoms with van der Waals surface area (Å²) in [5.41, 5.74) is 0. The highest BCUT2D eigenvalue weighted by Gasteiger charge is 1.99. The molecule has 1 unspecified atom stereocenters. The van der Waals surface area contributed by atoms with E-state index in [9.17, 15) is 4.79 Å². The lowest BCUT2D eigenvalue weighted by atomic mass is 10.1. The summed E-state index contributed by atoms with van der Waals surface area (Å²) in [5.74, 6) is 0.322. The van der Waals surface area contributed by atoms with Gasteiger partial charge in [-0.3, -0.25) is 4.79 Å². The third kappa shape index (κ3) is 2.56. The molecule has 0 saturated carbocycles. The summed E-state index contributed by atoms with van der Waals surface area (Å²) in [4.78, 5) is 10.5. The Kier molecular flexibility index (Phi) is 3.16. The second kappa shape index (κ2) is 3.42. The Morgan fingerprint density at radius 3 is 2.25 bits per heavy atom. The molecule has 0 spiro atoms. The fraction of sp³-hybridized carbons (Fsp3) is 0.571. The number of hydrogen-bond acceptors (Lipinski definition) is 1. The van der Waals surface area contributed by atoms with E-state index in [1.165, 1.54) is 0 Å². The first-order valence-electron chi connectivity index (χ1n) is 2.81. The fourth-order valence-corrected chi connectivity index (χ4v) is 0.424. The maximum absolute atomic E-state index is 10.5. The van der Waals surface area contributed by atoms with Crippen LogP contribution < -0.4 is 0 Å². The van der Waals surface area contributed by atoms with E-state index in [4.69, 9.17) is 0 Å². The minimum atomic E-state index is 0.0972. The van der Waals surface area contributed by atoms with Gasteiger partial charge in [0, 0.05) is 5.92 Å². The predicted molar refractivity (Wildman–Crippen MR) is 34.7 cm³/mol. The first kappa shape index (κ1) is 7.41. The van der Waals surface area contributed by atoms with Gasteiger partial charge in [-0.2, -0.15) is 0 Å². The Morgan fingerprint density at radius 2 is 2.12 bits per heavy atom. The van der Waals surface area contributed by atoms with Crippen LogP contribution in [-0.2, 0) is 4.79 Å². The van der Waals surface area contributed by atoms with Gasteiger partial charge in [-0.15, -0.1) is 0 Å². The Morgan fingerprint density at radius 1 is 1.62 bits per heavy atom. The van der Waals surface area contributed by atoms with Crippen molar-refractivity contribution in [2.75, 3.05) is 0 Å². The average Bonchev–Trinajstić information content (AvgIpc) is 1.67. The van der Waals surface area contributed by atoms with Gasteiger partial charge in [-0.25, -0.2) is 0 Å². The maximum atomic E-state index is 10.5. The molecule has 0 bridgehead atoms. The number of carbonyl (C=O) groups excluding carboxylic acids is 1. The summed E-state index contributed by atoms with van der Waals surface area (Å²) in [6, 6.07) is 0. The van der Waals surface area contributed by atoms with Crippen molar-refractivity contribution in [3.05, 3.63) is 12.2 Å². The SMILES string of the molecule is C/C=C/C(C)C(C)=O. The normalized spacial score (nSPS) is 14.4. The van der Waals surface area contributed by atoms with Crippen molar-refractivity contribution in [1.29, 1.82) is 0 Å². The van der Waals surface area contributed by atoms with Crippen LogP contribution in [-0.4, -0.2) is 5.78 Å². The lowest BCUT2D eigenvalue weighted by Gasteiger charge is -1.95. The molecular weight excluding hydrogens is 100 g/mol. The zero-order valence-corrected chi connectivity index (χ0v) is 5.64. The molecule has 0 saturated heterocycles. The number of hydrogen-bond donors (Lipinski definition) is 0. The number of rotatable bonds is 2. The van der Waals surface area contributed by atoms with E-state index in [1.807, 2.05) is 26.0 Å². The molecule has 0 N–H and O–H groups in total. The van der Waals surface area contributed by atoms with Crippen LogP contribution >= 0.6 is 0 Å². The number of ketones is 1. The van der Waals surface area contributed by atoms with Crippen molar-refractivity contribution in [2.24, 2.45) is 5.92 Å². The van der Waals surface area contributed by atoms with Crippen LogP contribution in [0.2, 0.25) is 0 Å². The molecule has 46 valence electrons. The van der Waals surface area contributed by atoms with E-state index >= 15 is 0 Å². The van der Waals surface area contributed by atoms with Crippen molar-refractivity contribution in [3.63, 3.8) is 0 Å². The maximum Gasteiger partial charge on any atom is 0.136 e. The van der Waals surface area contributed by atoms with Crippen molar-refractivity contribution >= 4 is 5.78 Å². The van der Waals surface area contributed by atoms with Crippen molar-refractivity contribution in [1.82, 2.24) is 0 Å². The van der Waals surface area contributed by atoms with E-state index in [1.54, 1.807) is 6.92 Å². The van der Waals surface area contributed by atoms with Crippen LogP contribution in [0.15, 0.2) is 12.2 Å². The summed E-state index contributed by atoms with van der Waals surface area (Å²) in [5, 5.41) is 0. The molecule has 0 aliphatic rings. The molecule has 0 amide bonds. The molecule has 0 aromatic rings. The van der Waals surface area contributed by atoms with Crippen LogP contribution in [0.5, 0.6) is 0 Å². The summed E-state index contributed by atoms with van der Waals surface area (Å²) < 4.78 is 0. The summed E-state index contributed by atoms with van der Waals surface area (Å²) in [7, 11) is 0. The molecular formula is C7H12O. The summed E-state index contributed by atoms with van der Waals surface area (Å²) in [6.45, 7) is 5.41. The second-order valence-electron chi connectivity index (χ2n) is 1.93. The minimum absolute atomic E-state index is 0.0972. The molecule has 0 aromatic carbocycles. The zero-order chi connectivity index (χ0) is 6.57. The quantitative estimate of drug-likeness (QED) is 0.498. The average molecular weight is 112 g/mol. The van der Waals surface area contributed by atoms with Gasteiger partial charge in [0.25, 0.3) is 0 Å². The van der Waals surface area contributed by atoms with Gasteiger partial charge >= 0.3 is 0 Å². The van der Waals surface area contributed by atoms with Crippen molar-refractivity contribution < 1.29 is 4.79 Å². The standard InChI is InChI=1S/C7H12O/c1-4-5-6(2)7(3)8/h4-6H,1-3H3/b5-4+. The Balaban J connectivity index is 3.64. The largest absolute Gasteiger partial charge is 0.299 e. The summed E-state index contributed by atoms with van der Waals surface area (Å²) >= 11 is 0. The molecule has 8 heavy (non-hydrogen) atoms. The fourth-order valence-electron chi connectivity index (χ4n) is 0.424. The number of allylic oxidation sites excluding steroid dienone is 2. The zero-order valence-electron chi connectivity index (χ0n) is 5.64.